The van der Waals surface area contributed by atoms with Gasteiger partial charge in [0, 0.05) is 31.9 Å². The van der Waals surface area contributed by atoms with Crippen molar-refractivity contribution >= 4 is 17.8 Å². The summed E-state index contributed by atoms with van der Waals surface area (Å²) in [6.07, 6.45) is 5.33. The average Bonchev–Trinajstić information content (AvgIpc) is 3.08. The number of rotatable bonds is 10. The summed E-state index contributed by atoms with van der Waals surface area (Å²) in [5.74, 6) is -2.36. The number of nitrogens with zero attached hydrogens (tertiary/aromatic N) is 3. The van der Waals surface area contributed by atoms with Gasteiger partial charge < -0.3 is 19.7 Å². The Kier molecular flexibility index (Phi) is 7.52. The number of aromatic carboxylic acids is 2. The first-order valence-corrected chi connectivity index (χ1v) is 9.73. The van der Waals surface area contributed by atoms with E-state index in [1.807, 2.05) is 0 Å². The molecule has 0 bridgehead atoms. The van der Waals surface area contributed by atoms with Crippen molar-refractivity contribution in [2.45, 2.75) is 39.5 Å². The molecular weight excluding hydrogens is 374 g/mol. The minimum atomic E-state index is -1.26. The number of amides is 1. The highest BCUT2D eigenvalue weighted by Gasteiger charge is 2.23. The van der Waals surface area contributed by atoms with Crippen molar-refractivity contribution in [1.29, 1.82) is 0 Å². The Morgan fingerprint density at radius 3 is 2.17 bits per heavy atom. The van der Waals surface area contributed by atoms with Crippen LogP contribution in [0, 0.1) is 0 Å². The maximum atomic E-state index is 13.0. The summed E-state index contributed by atoms with van der Waals surface area (Å²) < 4.78 is 1.59. The van der Waals surface area contributed by atoms with Gasteiger partial charge in [0.15, 0.2) is 0 Å². The molecule has 1 aromatic carbocycles. The largest absolute Gasteiger partial charge is 0.478 e. The van der Waals surface area contributed by atoms with E-state index >= 15 is 0 Å². The molecule has 0 radical (unpaired) electrons. The lowest BCUT2D eigenvalue weighted by atomic mass is 10.0. The van der Waals surface area contributed by atoms with Gasteiger partial charge in [-0.25, -0.2) is 14.6 Å². The van der Waals surface area contributed by atoms with Gasteiger partial charge in [-0.15, -0.1) is 0 Å². The van der Waals surface area contributed by atoms with Gasteiger partial charge in [0.2, 0.25) is 0 Å². The van der Waals surface area contributed by atoms with Crippen molar-refractivity contribution < 1.29 is 24.6 Å². The van der Waals surface area contributed by atoms with Gasteiger partial charge in [-0.3, -0.25) is 4.79 Å². The maximum Gasteiger partial charge on any atom is 0.336 e. The molecule has 2 aromatic rings. The van der Waals surface area contributed by atoms with Crippen LogP contribution in [0.1, 0.15) is 70.7 Å². The minimum absolute atomic E-state index is 0.123. The van der Waals surface area contributed by atoms with Crippen molar-refractivity contribution in [2.75, 3.05) is 13.1 Å². The molecule has 0 unspecified atom stereocenters. The Labute approximate surface area is 169 Å². The van der Waals surface area contributed by atoms with Crippen molar-refractivity contribution in [3.05, 3.63) is 41.2 Å². The third kappa shape index (κ3) is 5.22. The third-order valence-corrected chi connectivity index (χ3v) is 4.68. The van der Waals surface area contributed by atoms with E-state index in [1.165, 1.54) is 12.1 Å². The molecule has 0 saturated heterocycles. The van der Waals surface area contributed by atoms with Gasteiger partial charge in [0.05, 0.1) is 11.1 Å². The first kappa shape index (κ1) is 22.1. The number of aromatic nitrogens is 2. The number of aryl methyl sites for hydroxylation is 1. The number of unbranched alkanes of at least 4 members (excludes halogenated alkanes) is 2. The lowest BCUT2D eigenvalue weighted by molar-refractivity contribution is 0.0695. The molecule has 1 amide bonds. The Morgan fingerprint density at radius 1 is 1.03 bits per heavy atom. The monoisotopic (exact) mass is 401 g/mol. The highest BCUT2D eigenvalue weighted by atomic mass is 16.4. The highest BCUT2D eigenvalue weighted by Crippen LogP contribution is 2.25. The summed E-state index contributed by atoms with van der Waals surface area (Å²) in [4.78, 5) is 42.0. The normalized spacial score (nSPS) is 10.7. The molecule has 0 aliphatic carbocycles. The molecule has 0 atom stereocenters. The van der Waals surface area contributed by atoms with Crippen LogP contribution in [0.5, 0.6) is 0 Å². The number of imidazole rings is 1. The number of benzene rings is 1. The van der Waals surface area contributed by atoms with Crippen LogP contribution >= 0.6 is 0 Å². The van der Waals surface area contributed by atoms with Gasteiger partial charge in [-0.05, 0) is 31.0 Å². The predicted molar refractivity (Wildman–Crippen MR) is 108 cm³/mol. The van der Waals surface area contributed by atoms with Crippen molar-refractivity contribution in [1.82, 2.24) is 14.5 Å². The third-order valence-electron chi connectivity index (χ3n) is 4.68. The Hall–Kier alpha value is -3.16. The molecule has 2 N–H and O–H groups in total. The molecule has 8 heteroatoms. The average molecular weight is 401 g/mol. The van der Waals surface area contributed by atoms with Crippen LogP contribution in [0.4, 0.5) is 0 Å². The van der Waals surface area contributed by atoms with E-state index in [-0.39, 0.29) is 28.3 Å². The second kappa shape index (κ2) is 9.86. The summed E-state index contributed by atoms with van der Waals surface area (Å²) in [5, 5.41) is 18.6. The summed E-state index contributed by atoms with van der Waals surface area (Å²) in [5.41, 5.74) is 0.208. The van der Waals surface area contributed by atoms with E-state index in [0.29, 0.717) is 18.9 Å². The van der Waals surface area contributed by atoms with Crippen LogP contribution in [0.15, 0.2) is 24.4 Å². The number of hydrogen-bond donors (Lipinski definition) is 2. The number of carbonyl (C=O) groups is 3. The van der Waals surface area contributed by atoms with Crippen LogP contribution in [-0.2, 0) is 7.05 Å². The van der Waals surface area contributed by atoms with Crippen LogP contribution in [-0.4, -0.2) is 55.6 Å². The summed E-state index contributed by atoms with van der Waals surface area (Å²) in [6, 6.07) is 3.84. The number of carboxylic acids is 2. The zero-order valence-electron chi connectivity index (χ0n) is 17.0. The molecule has 0 aliphatic heterocycles. The van der Waals surface area contributed by atoms with E-state index in [1.54, 1.807) is 22.7 Å². The number of carbonyl (C=O) groups excluding carboxylic acids is 1. The fourth-order valence-corrected chi connectivity index (χ4v) is 3.04. The van der Waals surface area contributed by atoms with E-state index in [2.05, 4.69) is 18.8 Å². The van der Waals surface area contributed by atoms with E-state index in [9.17, 15) is 19.5 Å². The van der Waals surface area contributed by atoms with Gasteiger partial charge in [0.1, 0.15) is 11.5 Å². The van der Waals surface area contributed by atoms with Crippen LogP contribution in [0.25, 0.3) is 11.4 Å². The van der Waals surface area contributed by atoms with Crippen LogP contribution in [0.2, 0.25) is 0 Å². The lowest BCUT2D eigenvalue weighted by Crippen LogP contribution is -2.33. The summed E-state index contributed by atoms with van der Waals surface area (Å²) in [6.45, 7) is 5.43. The smallest absolute Gasteiger partial charge is 0.336 e. The predicted octanol–water partition coefficient (Wildman–Crippen LogP) is 3.53. The quantitative estimate of drug-likeness (QED) is 0.630. The fraction of sp³-hybridized carbons (Fsp3) is 0.429. The molecule has 156 valence electrons. The molecule has 1 aromatic heterocycles. The molecule has 8 nitrogen and oxygen atoms in total. The SMILES string of the molecule is CCCCN(CCCC)C(=O)c1cn(C)c(-c2ccc(C(=O)O)cc2C(=O)O)n1. The van der Waals surface area contributed by atoms with Gasteiger partial charge >= 0.3 is 11.9 Å². The Bertz CT molecular complexity index is 896. The first-order valence-electron chi connectivity index (χ1n) is 9.73. The highest BCUT2D eigenvalue weighted by molar-refractivity contribution is 5.99. The topological polar surface area (TPSA) is 113 Å². The lowest BCUT2D eigenvalue weighted by Gasteiger charge is -2.21. The van der Waals surface area contributed by atoms with Crippen molar-refractivity contribution in [3.8, 4) is 11.4 Å². The second-order valence-electron chi connectivity index (χ2n) is 6.93. The zero-order valence-corrected chi connectivity index (χ0v) is 17.0. The van der Waals surface area contributed by atoms with E-state index in [0.717, 1.165) is 31.7 Å². The minimum Gasteiger partial charge on any atom is -0.478 e. The van der Waals surface area contributed by atoms with Crippen LogP contribution in [0.3, 0.4) is 0 Å². The van der Waals surface area contributed by atoms with E-state index < -0.39 is 11.9 Å². The van der Waals surface area contributed by atoms with Gasteiger partial charge in [-0.2, -0.15) is 0 Å². The molecule has 2 rings (SSSR count). The van der Waals surface area contributed by atoms with E-state index in [4.69, 9.17) is 5.11 Å². The molecule has 0 spiro atoms. The molecular formula is C21H27N3O5. The molecule has 0 aliphatic rings. The Morgan fingerprint density at radius 2 is 1.66 bits per heavy atom. The maximum absolute atomic E-state index is 13.0. The zero-order chi connectivity index (χ0) is 21.6. The fourth-order valence-electron chi connectivity index (χ4n) is 3.04. The van der Waals surface area contributed by atoms with Gasteiger partial charge in [-0.1, -0.05) is 26.7 Å². The molecule has 29 heavy (non-hydrogen) atoms. The standard InChI is InChI=1S/C21H27N3O5/c1-4-6-10-24(11-7-5-2)19(25)17-13-23(3)18(22-17)15-9-8-14(20(26)27)12-16(15)21(28)29/h8-9,12-13H,4-7,10-11H2,1-3H3,(H,26,27)(H,28,29). The number of carboxylic acid groups (broad SMARTS) is 2. The molecule has 1 heterocycles. The van der Waals surface area contributed by atoms with Crippen LogP contribution < -0.4 is 0 Å². The first-order chi connectivity index (χ1) is 13.8. The summed E-state index contributed by atoms with van der Waals surface area (Å²) >= 11 is 0. The Balaban J connectivity index is 2.42. The second-order valence-corrected chi connectivity index (χ2v) is 6.93. The number of hydrogen-bond acceptors (Lipinski definition) is 4. The molecule has 0 saturated carbocycles. The summed E-state index contributed by atoms with van der Waals surface area (Å²) in [7, 11) is 1.68. The molecule has 0 fully saturated rings. The van der Waals surface area contributed by atoms with Crippen molar-refractivity contribution in [2.24, 2.45) is 7.05 Å². The van der Waals surface area contributed by atoms with Gasteiger partial charge in [0.25, 0.3) is 5.91 Å². The van der Waals surface area contributed by atoms with Crippen molar-refractivity contribution in [3.63, 3.8) is 0 Å².